The summed E-state index contributed by atoms with van der Waals surface area (Å²) in [6.45, 7) is 0.771. The molecule has 0 heterocycles. The quantitative estimate of drug-likeness (QED) is 0.770. The van der Waals surface area contributed by atoms with E-state index in [-0.39, 0.29) is 11.8 Å². The highest BCUT2D eigenvalue weighted by Crippen LogP contribution is 2.04. The van der Waals surface area contributed by atoms with Gasteiger partial charge in [-0.2, -0.15) is 0 Å². The predicted octanol–water partition coefficient (Wildman–Crippen LogP) is 2.62. The maximum atomic E-state index is 13.0. The summed E-state index contributed by atoms with van der Waals surface area (Å²) in [6, 6.07) is 15.6. The molecule has 2 amide bonds. The van der Waals surface area contributed by atoms with E-state index in [9.17, 15) is 13.4 Å². The lowest BCUT2D eigenvalue weighted by Crippen LogP contribution is -2.38. The van der Waals surface area contributed by atoms with Crippen molar-refractivity contribution in [1.29, 1.82) is 0 Å². The SMILES string of the molecule is O=C(NCCc1cccc(F)c1)NCCS(=O)Cc1ccccc1. The summed E-state index contributed by atoms with van der Waals surface area (Å²) in [5, 5.41) is 5.38. The van der Waals surface area contributed by atoms with Crippen LogP contribution in [-0.2, 0) is 23.0 Å². The number of carbonyl (C=O) groups is 1. The largest absolute Gasteiger partial charge is 0.338 e. The van der Waals surface area contributed by atoms with Crippen molar-refractivity contribution in [2.24, 2.45) is 0 Å². The number of hydrogen-bond donors (Lipinski definition) is 2. The first-order valence-corrected chi connectivity index (χ1v) is 9.27. The molecular weight excluding hydrogens is 327 g/mol. The molecule has 1 unspecified atom stereocenters. The predicted molar refractivity (Wildman–Crippen MR) is 94.7 cm³/mol. The van der Waals surface area contributed by atoms with Crippen molar-refractivity contribution in [3.05, 3.63) is 71.5 Å². The molecule has 0 aliphatic heterocycles. The highest BCUT2D eigenvalue weighted by atomic mass is 32.2. The van der Waals surface area contributed by atoms with E-state index >= 15 is 0 Å². The van der Waals surface area contributed by atoms with E-state index < -0.39 is 10.8 Å². The van der Waals surface area contributed by atoms with Crippen LogP contribution < -0.4 is 10.6 Å². The van der Waals surface area contributed by atoms with E-state index in [4.69, 9.17) is 0 Å². The molecule has 0 aliphatic rings. The standard InChI is InChI=1S/C18H21FN2O2S/c19-17-8-4-7-15(13-17)9-10-20-18(22)21-11-12-24(23)14-16-5-2-1-3-6-16/h1-8,13H,9-12,14H2,(H2,20,21,22). The highest BCUT2D eigenvalue weighted by molar-refractivity contribution is 7.84. The third-order valence-corrected chi connectivity index (χ3v) is 4.69. The highest BCUT2D eigenvalue weighted by Gasteiger charge is 2.04. The molecule has 24 heavy (non-hydrogen) atoms. The first kappa shape index (κ1) is 18.1. The van der Waals surface area contributed by atoms with Gasteiger partial charge in [0, 0.05) is 35.4 Å². The summed E-state index contributed by atoms with van der Waals surface area (Å²) < 4.78 is 25.0. The monoisotopic (exact) mass is 348 g/mol. The number of amides is 2. The number of rotatable bonds is 8. The van der Waals surface area contributed by atoms with Crippen LogP contribution in [0.2, 0.25) is 0 Å². The number of carbonyl (C=O) groups excluding carboxylic acids is 1. The molecule has 0 bridgehead atoms. The second kappa shape index (κ2) is 9.82. The Morgan fingerprint density at radius 1 is 0.958 bits per heavy atom. The summed E-state index contributed by atoms with van der Waals surface area (Å²) in [4.78, 5) is 11.6. The molecule has 6 heteroatoms. The van der Waals surface area contributed by atoms with Crippen LogP contribution in [0, 0.1) is 5.82 Å². The zero-order chi connectivity index (χ0) is 17.2. The zero-order valence-corrected chi connectivity index (χ0v) is 14.2. The molecule has 0 radical (unpaired) electrons. The first-order chi connectivity index (χ1) is 11.6. The third-order valence-electron chi connectivity index (χ3n) is 3.37. The van der Waals surface area contributed by atoms with Crippen LogP contribution in [0.3, 0.4) is 0 Å². The van der Waals surface area contributed by atoms with Crippen molar-refractivity contribution in [2.45, 2.75) is 12.2 Å². The molecule has 1 atom stereocenters. The molecular formula is C18H21FN2O2S. The average molecular weight is 348 g/mol. The lowest BCUT2D eigenvalue weighted by molar-refractivity contribution is 0.241. The van der Waals surface area contributed by atoms with Crippen LogP contribution in [0.15, 0.2) is 54.6 Å². The van der Waals surface area contributed by atoms with E-state index in [1.54, 1.807) is 6.07 Å². The van der Waals surface area contributed by atoms with Crippen molar-refractivity contribution in [3.63, 3.8) is 0 Å². The second-order valence-corrected chi connectivity index (χ2v) is 6.91. The molecule has 0 saturated carbocycles. The molecule has 0 aromatic heterocycles. The smallest absolute Gasteiger partial charge is 0.314 e. The third kappa shape index (κ3) is 6.91. The van der Waals surface area contributed by atoms with Gasteiger partial charge in [-0.3, -0.25) is 4.21 Å². The molecule has 2 rings (SSSR count). The van der Waals surface area contributed by atoms with Gasteiger partial charge in [0.2, 0.25) is 0 Å². The topological polar surface area (TPSA) is 58.2 Å². The van der Waals surface area contributed by atoms with Crippen molar-refractivity contribution in [2.75, 3.05) is 18.8 Å². The maximum absolute atomic E-state index is 13.0. The Labute approximate surface area is 143 Å². The summed E-state index contributed by atoms with van der Waals surface area (Å²) in [7, 11) is -1.01. The van der Waals surface area contributed by atoms with Gasteiger partial charge in [-0.05, 0) is 29.7 Å². The number of benzene rings is 2. The van der Waals surface area contributed by atoms with E-state index in [0.29, 0.717) is 31.0 Å². The minimum Gasteiger partial charge on any atom is -0.338 e. The van der Waals surface area contributed by atoms with Gasteiger partial charge in [0.25, 0.3) is 0 Å². The lowest BCUT2D eigenvalue weighted by Gasteiger charge is -2.08. The van der Waals surface area contributed by atoms with Crippen LogP contribution in [-0.4, -0.2) is 29.1 Å². The fraction of sp³-hybridized carbons (Fsp3) is 0.278. The Hall–Kier alpha value is -2.21. The maximum Gasteiger partial charge on any atom is 0.314 e. The second-order valence-electron chi connectivity index (χ2n) is 5.34. The van der Waals surface area contributed by atoms with Gasteiger partial charge in [-0.15, -0.1) is 0 Å². The Bertz CT molecular complexity index is 680. The van der Waals surface area contributed by atoms with E-state index in [2.05, 4.69) is 10.6 Å². The van der Waals surface area contributed by atoms with Gasteiger partial charge in [0.05, 0.1) is 0 Å². The summed E-state index contributed by atoms with van der Waals surface area (Å²) in [5.74, 6) is 0.619. The van der Waals surface area contributed by atoms with Crippen molar-refractivity contribution >= 4 is 16.8 Å². The molecule has 2 N–H and O–H groups in total. The van der Waals surface area contributed by atoms with Gasteiger partial charge in [-0.25, -0.2) is 9.18 Å². The minimum absolute atomic E-state index is 0.280. The molecule has 128 valence electrons. The van der Waals surface area contributed by atoms with Crippen molar-refractivity contribution in [1.82, 2.24) is 10.6 Å². The van der Waals surface area contributed by atoms with E-state index in [0.717, 1.165) is 11.1 Å². The summed E-state index contributed by atoms with van der Waals surface area (Å²) in [5.41, 5.74) is 1.86. The van der Waals surface area contributed by atoms with Gasteiger partial charge >= 0.3 is 6.03 Å². The normalized spacial score (nSPS) is 11.7. The molecule has 0 saturated heterocycles. The van der Waals surface area contributed by atoms with E-state index in [1.165, 1.54) is 12.1 Å². The molecule has 2 aromatic carbocycles. The number of urea groups is 1. The number of hydrogen-bond acceptors (Lipinski definition) is 2. The van der Waals surface area contributed by atoms with Crippen LogP contribution in [0.4, 0.5) is 9.18 Å². The first-order valence-electron chi connectivity index (χ1n) is 7.78. The molecule has 2 aromatic rings. The van der Waals surface area contributed by atoms with E-state index in [1.807, 2.05) is 36.4 Å². The van der Waals surface area contributed by atoms with Crippen LogP contribution >= 0.6 is 0 Å². The molecule has 0 fully saturated rings. The Morgan fingerprint density at radius 2 is 1.67 bits per heavy atom. The van der Waals surface area contributed by atoms with Crippen molar-refractivity contribution < 1.29 is 13.4 Å². The summed E-state index contributed by atoms with van der Waals surface area (Å²) in [6.07, 6.45) is 0.561. The molecule has 0 aliphatic carbocycles. The fourth-order valence-corrected chi connectivity index (χ4v) is 3.22. The number of nitrogens with one attached hydrogen (secondary N) is 2. The average Bonchev–Trinajstić information content (AvgIpc) is 2.56. The number of halogens is 1. The Balaban J connectivity index is 1.58. The van der Waals surface area contributed by atoms with Gasteiger partial charge < -0.3 is 10.6 Å². The molecule has 0 spiro atoms. The Kier molecular flexibility index (Phi) is 7.42. The minimum atomic E-state index is -1.01. The van der Waals surface area contributed by atoms with Crippen molar-refractivity contribution in [3.8, 4) is 0 Å². The Morgan fingerprint density at radius 3 is 2.42 bits per heavy atom. The van der Waals surface area contributed by atoms with Crippen LogP contribution in [0.1, 0.15) is 11.1 Å². The van der Waals surface area contributed by atoms with Gasteiger partial charge in [-0.1, -0.05) is 42.5 Å². The lowest BCUT2D eigenvalue weighted by atomic mass is 10.1. The molecule has 4 nitrogen and oxygen atoms in total. The van der Waals surface area contributed by atoms with Crippen LogP contribution in [0.5, 0.6) is 0 Å². The summed E-state index contributed by atoms with van der Waals surface area (Å²) >= 11 is 0. The van der Waals surface area contributed by atoms with Gasteiger partial charge in [0.15, 0.2) is 0 Å². The fourth-order valence-electron chi connectivity index (χ4n) is 2.19. The van der Waals surface area contributed by atoms with Gasteiger partial charge in [0.1, 0.15) is 5.82 Å². The zero-order valence-electron chi connectivity index (χ0n) is 13.3. The van der Waals surface area contributed by atoms with Crippen LogP contribution in [0.25, 0.3) is 0 Å².